The molecule has 0 bridgehead atoms. The second-order valence-electron chi connectivity index (χ2n) is 2.93. The molecule has 7 heteroatoms. The maximum Gasteiger partial charge on any atom is 0.226 e. The molecule has 5 nitrogen and oxygen atoms in total. The van der Waals surface area contributed by atoms with E-state index in [-0.39, 0.29) is 10.6 Å². The van der Waals surface area contributed by atoms with Gasteiger partial charge in [0.15, 0.2) is 0 Å². The number of nitrogens with one attached hydrogen (secondary N) is 1. The Balaban J connectivity index is 2.61. The Hall–Kier alpha value is -0.650. The fraction of sp³-hybridized carbons (Fsp3) is 0.625. The molecule has 0 aromatic carbocycles. The van der Waals surface area contributed by atoms with Gasteiger partial charge in [0.25, 0.3) is 0 Å². The molecular weight excluding hydrogens is 239 g/mol. The van der Waals surface area contributed by atoms with Crippen molar-refractivity contribution in [1.82, 2.24) is 4.90 Å². The molecule has 0 amide bonds. The van der Waals surface area contributed by atoms with E-state index < -0.39 is 0 Å². The number of ether oxygens (including phenoxy) is 1. The first-order valence-corrected chi connectivity index (χ1v) is 5.21. The van der Waals surface area contributed by atoms with Crippen LogP contribution in [0.2, 0.25) is 0 Å². The van der Waals surface area contributed by atoms with Crippen LogP contribution in [0.1, 0.15) is 6.92 Å². The molecule has 1 fully saturated rings. The molecule has 1 heterocycles. The smallest absolute Gasteiger partial charge is 0.226 e. The Morgan fingerprint density at radius 3 is 2.40 bits per heavy atom. The molecule has 0 aromatic rings. The zero-order valence-electron chi connectivity index (χ0n) is 8.33. The van der Waals surface area contributed by atoms with Gasteiger partial charge in [-0.3, -0.25) is 5.41 Å². The average Bonchev–Trinajstić information content (AvgIpc) is 2.17. The Morgan fingerprint density at radius 2 is 1.87 bits per heavy atom. The van der Waals surface area contributed by atoms with Crippen LogP contribution in [0.3, 0.4) is 0 Å². The minimum absolute atomic E-state index is 0.0287. The van der Waals surface area contributed by atoms with Crippen molar-refractivity contribution < 1.29 is 4.74 Å². The standard InChI is InChI=1S/C8H12Cl2N4O/c1-6(12-8(10)13-7(9)11)14-2-4-15-5-3-14/h11H,2-5H2,1H3. The molecule has 0 unspecified atom stereocenters. The van der Waals surface area contributed by atoms with E-state index in [0.717, 1.165) is 18.9 Å². The number of amidine groups is 3. The van der Waals surface area contributed by atoms with Crippen LogP contribution >= 0.6 is 23.2 Å². The summed E-state index contributed by atoms with van der Waals surface area (Å²) in [4.78, 5) is 9.56. The summed E-state index contributed by atoms with van der Waals surface area (Å²) in [7, 11) is 0. The molecule has 84 valence electrons. The van der Waals surface area contributed by atoms with Crippen molar-refractivity contribution in [3.8, 4) is 0 Å². The third kappa shape index (κ3) is 4.59. The van der Waals surface area contributed by atoms with Gasteiger partial charge >= 0.3 is 0 Å². The third-order valence-corrected chi connectivity index (χ3v) is 2.17. The Bertz CT molecular complexity index is 297. The van der Waals surface area contributed by atoms with Crippen LogP contribution in [-0.4, -0.2) is 47.6 Å². The topological polar surface area (TPSA) is 61.0 Å². The molecular formula is C8H12Cl2N4O. The number of rotatable bonds is 0. The predicted octanol–water partition coefficient (Wildman–Crippen LogP) is 1.51. The number of hydrogen-bond donors (Lipinski definition) is 1. The first kappa shape index (κ1) is 12.4. The van der Waals surface area contributed by atoms with Crippen LogP contribution in [0.25, 0.3) is 0 Å². The molecule has 0 aromatic heterocycles. The van der Waals surface area contributed by atoms with Crippen LogP contribution in [-0.2, 0) is 4.74 Å². The number of aliphatic imine (C=N–C) groups is 2. The summed E-state index contributed by atoms with van der Waals surface area (Å²) < 4.78 is 5.20. The van der Waals surface area contributed by atoms with Crippen molar-refractivity contribution in [2.45, 2.75) is 6.92 Å². The van der Waals surface area contributed by atoms with E-state index in [9.17, 15) is 0 Å². The minimum Gasteiger partial charge on any atom is -0.378 e. The van der Waals surface area contributed by atoms with Gasteiger partial charge in [-0.1, -0.05) is 0 Å². The van der Waals surface area contributed by atoms with Gasteiger partial charge < -0.3 is 9.64 Å². The van der Waals surface area contributed by atoms with Gasteiger partial charge in [0, 0.05) is 13.1 Å². The number of nitrogens with zero attached hydrogens (tertiary/aromatic N) is 3. The number of halogens is 2. The maximum absolute atomic E-state index is 6.90. The van der Waals surface area contributed by atoms with E-state index in [1.54, 1.807) is 0 Å². The Kier molecular flexibility index (Phi) is 5.01. The van der Waals surface area contributed by atoms with Crippen molar-refractivity contribution >= 4 is 39.6 Å². The van der Waals surface area contributed by atoms with Gasteiger partial charge in [-0.25, -0.2) is 4.99 Å². The first-order chi connectivity index (χ1) is 7.09. The lowest BCUT2D eigenvalue weighted by Crippen LogP contribution is -2.39. The fourth-order valence-corrected chi connectivity index (χ4v) is 1.53. The normalized spacial score (nSPS) is 19.3. The summed E-state index contributed by atoms with van der Waals surface area (Å²) >= 11 is 10.9. The van der Waals surface area contributed by atoms with E-state index in [2.05, 4.69) is 9.98 Å². The largest absolute Gasteiger partial charge is 0.378 e. The average molecular weight is 251 g/mol. The van der Waals surface area contributed by atoms with Crippen LogP contribution in [0, 0.1) is 5.41 Å². The van der Waals surface area contributed by atoms with Gasteiger partial charge in [0.1, 0.15) is 5.84 Å². The van der Waals surface area contributed by atoms with E-state index >= 15 is 0 Å². The second kappa shape index (κ2) is 6.05. The van der Waals surface area contributed by atoms with Crippen molar-refractivity contribution in [3.05, 3.63) is 0 Å². The van der Waals surface area contributed by atoms with Crippen molar-refractivity contribution in [2.24, 2.45) is 9.98 Å². The minimum atomic E-state index is -0.376. The maximum atomic E-state index is 6.90. The molecule has 1 aliphatic heterocycles. The molecule has 0 spiro atoms. The highest BCUT2D eigenvalue weighted by Gasteiger charge is 2.11. The Morgan fingerprint density at radius 1 is 1.27 bits per heavy atom. The summed E-state index contributed by atoms with van der Waals surface area (Å²) in [5, 5.41) is 6.50. The molecule has 1 rings (SSSR count). The first-order valence-electron chi connectivity index (χ1n) is 4.46. The molecule has 1 aliphatic rings. The van der Waals surface area contributed by atoms with Crippen LogP contribution in [0.15, 0.2) is 9.98 Å². The third-order valence-electron chi connectivity index (χ3n) is 1.91. The highest BCUT2D eigenvalue weighted by Crippen LogP contribution is 2.01. The van der Waals surface area contributed by atoms with Crippen molar-refractivity contribution in [1.29, 1.82) is 5.41 Å². The second-order valence-corrected chi connectivity index (χ2v) is 3.63. The molecule has 15 heavy (non-hydrogen) atoms. The SMILES string of the molecule is CC(=NC(Cl)=NC(=N)Cl)N1CCOCC1. The van der Waals surface area contributed by atoms with Gasteiger partial charge in [-0.2, -0.15) is 4.99 Å². The van der Waals surface area contributed by atoms with E-state index in [1.807, 2.05) is 11.8 Å². The van der Waals surface area contributed by atoms with Gasteiger partial charge in [0.2, 0.25) is 10.6 Å². The molecule has 1 saturated heterocycles. The summed E-state index contributed by atoms with van der Waals surface area (Å²) in [6.45, 7) is 4.79. The number of morpholine rings is 1. The van der Waals surface area contributed by atoms with Crippen LogP contribution in [0.4, 0.5) is 0 Å². The molecule has 0 atom stereocenters. The van der Waals surface area contributed by atoms with Crippen molar-refractivity contribution in [2.75, 3.05) is 26.3 Å². The van der Waals surface area contributed by atoms with Crippen LogP contribution in [0.5, 0.6) is 0 Å². The monoisotopic (exact) mass is 250 g/mol. The zero-order valence-corrected chi connectivity index (χ0v) is 9.85. The summed E-state index contributed by atoms with van der Waals surface area (Å²) in [6, 6.07) is 0. The lowest BCUT2D eigenvalue weighted by Gasteiger charge is -2.27. The lowest BCUT2D eigenvalue weighted by atomic mass is 10.4. The van der Waals surface area contributed by atoms with Crippen molar-refractivity contribution in [3.63, 3.8) is 0 Å². The molecule has 1 N–H and O–H groups in total. The number of hydrogen-bond acceptors (Lipinski definition) is 2. The summed E-state index contributed by atoms with van der Waals surface area (Å²) in [5.74, 6) is 0.755. The highest BCUT2D eigenvalue weighted by atomic mass is 35.5. The molecule has 0 radical (unpaired) electrons. The summed E-state index contributed by atoms with van der Waals surface area (Å²) in [5.41, 5.74) is 0. The Labute approximate surface area is 98.2 Å². The lowest BCUT2D eigenvalue weighted by molar-refractivity contribution is 0.0679. The van der Waals surface area contributed by atoms with E-state index in [1.165, 1.54) is 0 Å². The van der Waals surface area contributed by atoms with Gasteiger partial charge in [-0.15, -0.1) is 0 Å². The molecule has 0 saturated carbocycles. The molecule has 0 aliphatic carbocycles. The van der Waals surface area contributed by atoms with Gasteiger partial charge in [-0.05, 0) is 30.1 Å². The van der Waals surface area contributed by atoms with Crippen LogP contribution < -0.4 is 0 Å². The highest BCUT2D eigenvalue weighted by molar-refractivity contribution is 6.71. The van der Waals surface area contributed by atoms with Gasteiger partial charge in [0.05, 0.1) is 13.2 Å². The van der Waals surface area contributed by atoms with E-state index in [0.29, 0.717) is 13.2 Å². The summed E-state index contributed by atoms with van der Waals surface area (Å²) in [6.07, 6.45) is 0. The predicted molar refractivity (Wildman–Crippen MR) is 62.4 cm³/mol. The van der Waals surface area contributed by atoms with E-state index in [4.69, 9.17) is 33.3 Å². The quantitative estimate of drug-likeness (QED) is 0.403. The zero-order chi connectivity index (χ0) is 11.3. The fourth-order valence-electron chi connectivity index (χ4n) is 1.20.